The van der Waals surface area contributed by atoms with Gasteiger partial charge in [-0.3, -0.25) is 0 Å². The third-order valence-corrected chi connectivity index (χ3v) is 3.10. The van der Waals surface area contributed by atoms with Crippen LogP contribution in [-0.2, 0) is 4.74 Å². The highest BCUT2D eigenvalue weighted by Gasteiger charge is 2.45. The lowest BCUT2D eigenvalue weighted by atomic mass is 10.3. The Bertz CT molecular complexity index is 366. The minimum Gasteiger partial charge on any atom is -0.486 e. The quantitative estimate of drug-likeness (QED) is 0.760. The van der Waals surface area contributed by atoms with Gasteiger partial charge >= 0.3 is 0 Å². The topological polar surface area (TPSA) is 30.5 Å². The van der Waals surface area contributed by atoms with Gasteiger partial charge < -0.3 is 14.8 Å². The molecular weight excluding hydrogens is 238 g/mol. The molecule has 1 aliphatic rings. The molecule has 0 aliphatic heterocycles. The summed E-state index contributed by atoms with van der Waals surface area (Å²) >= 11 is 5.93. The van der Waals surface area contributed by atoms with Crippen molar-refractivity contribution in [3.05, 3.63) is 29.3 Å². The molecular formula is C13H18ClNO2. The molecule has 0 unspecified atom stereocenters. The number of benzene rings is 1. The van der Waals surface area contributed by atoms with E-state index in [0.29, 0.717) is 5.02 Å². The Balaban J connectivity index is 1.81. The second kappa shape index (κ2) is 5.71. The Morgan fingerprint density at radius 2 is 2.24 bits per heavy atom. The van der Waals surface area contributed by atoms with Crippen LogP contribution in [0.1, 0.15) is 12.8 Å². The molecule has 0 spiro atoms. The summed E-state index contributed by atoms with van der Waals surface area (Å²) in [4.78, 5) is 0. The SMILES string of the molecule is COCCNCC1(Oc2cccc(Cl)c2)CC1. The Morgan fingerprint density at radius 3 is 2.88 bits per heavy atom. The summed E-state index contributed by atoms with van der Waals surface area (Å²) in [5.74, 6) is 0.851. The zero-order chi connectivity index (χ0) is 12.1. The predicted octanol–water partition coefficient (Wildman–Crippen LogP) is 2.49. The highest BCUT2D eigenvalue weighted by Crippen LogP contribution is 2.40. The van der Waals surface area contributed by atoms with Crippen LogP contribution < -0.4 is 10.1 Å². The average Bonchev–Trinajstić information content (AvgIpc) is 3.05. The van der Waals surface area contributed by atoms with Gasteiger partial charge in [-0.25, -0.2) is 0 Å². The highest BCUT2D eigenvalue weighted by molar-refractivity contribution is 6.30. The second-order valence-electron chi connectivity index (χ2n) is 4.41. The van der Waals surface area contributed by atoms with Crippen LogP contribution in [0.15, 0.2) is 24.3 Å². The Hall–Kier alpha value is -0.770. The van der Waals surface area contributed by atoms with E-state index in [0.717, 1.165) is 38.3 Å². The molecule has 1 aromatic carbocycles. The summed E-state index contributed by atoms with van der Waals surface area (Å²) in [7, 11) is 1.71. The number of nitrogens with one attached hydrogen (secondary N) is 1. The van der Waals surface area contributed by atoms with Crippen LogP contribution in [0.3, 0.4) is 0 Å². The molecule has 4 heteroatoms. The van der Waals surface area contributed by atoms with Crippen molar-refractivity contribution in [1.82, 2.24) is 5.32 Å². The van der Waals surface area contributed by atoms with E-state index in [1.165, 1.54) is 0 Å². The number of hydrogen-bond donors (Lipinski definition) is 1. The van der Waals surface area contributed by atoms with Crippen molar-refractivity contribution < 1.29 is 9.47 Å². The van der Waals surface area contributed by atoms with Crippen molar-refractivity contribution in [2.24, 2.45) is 0 Å². The summed E-state index contributed by atoms with van der Waals surface area (Å²) in [6, 6.07) is 7.56. The zero-order valence-electron chi connectivity index (χ0n) is 10.0. The molecule has 17 heavy (non-hydrogen) atoms. The van der Waals surface area contributed by atoms with E-state index in [4.69, 9.17) is 21.1 Å². The molecule has 0 bridgehead atoms. The summed E-state index contributed by atoms with van der Waals surface area (Å²) < 4.78 is 11.0. The van der Waals surface area contributed by atoms with Crippen molar-refractivity contribution in [1.29, 1.82) is 0 Å². The molecule has 1 fully saturated rings. The fraction of sp³-hybridized carbons (Fsp3) is 0.538. The predicted molar refractivity (Wildman–Crippen MR) is 68.8 cm³/mol. The summed E-state index contributed by atoms with van der Waals surface area (Å²) in [5.41, 5.74) is -0.0293. The number of ether oxygens (including phenoxy) is 2. The molecule has 0 radical (unpaired) electrons. The fourth-order valence-corrected chi connectivity index (χ4v) is 1.91. The van der Waals surface area contributed by atoms with Crippen molar-refractivity contribution in [2.45, 2.75) is 18.4 Å². The molecule has 1 saturated carbocycles. The molecule has 3 nitrogen and oxygen atoms in total. The Kier molecular flexibility index (Phi) is 4.26. The monoisotopic (exact) mass is 255 g/mol. The van der Waals surface area contributed by atoms with E-state index < -0.39 is 0 Å². The minimum absolute atomic E-state index is 0.0293. The first kappa shape index (κ1) is 12.7. The molecule has 0 atom stereocenters. The molecule has 2 rings (SSSR count). The van der Waals surface area contributed by atoms with E-state index in [1.54, 1.807) is 7.11 Å². The average molecular weight is 256 g/mol. The molecule has 1 aliphatic carbocycles. The third-order valence-electron chi connectivity index (χ3n) is 2.87. The maximum Gasteiger partial charge on any atom is 0.122 e. The molecule has 0 saturated heterocycles. The van der Waals surface area contributed by atoms with E-state index in [2.05, 4.69) is 5.32 Å². The number of halogens is 1. The lowest BCUT2D eigenvalue weighted by molar-refractivity contribution is 0.162. The van der Waals surface area contributed by atoms with Crippen molar-refractivity contribution in [3.63, 3.8) is 0 Å². The van der Waals surface area contributed by atoms with E-state index in [1.807, 2.05) is 24.3 Å². The lowest BCUT2D eigenvalue weighted by Crippen LogP contribution is -2.34. The van der Waals surface area contributed by atoms with Gasteiger partial charge in [0.05, 0.1) is 6.61 Å². The molecule has 1 aromatic rings. The van der Waals surface area contributed by atoms with Gasteiger partial charge in [0.2, 0.25) is 0 Å². The number of hydrogen-bond acceptors (Lipinski definition) is 3. The van der Waals surface area contributed by atoms with Crippen molar-refractivity contribution >= 4 is 11.6 Å². The second-order valence-corrected chi connectivity index (χ2v) is 4.85. The van der Waals surface area contributed by atoms with Crippen LogP contribution in [0.25, 0.3) is 0 Å². The first-order chi connectivity index (χ1) is 8.24. The first-order valence-corrected chi connectivity index (χ1v) is 6.26. The lowest BCUT2D eigenvalue weighted by Gasteiger charge is -2.18. The maximum atomic E-state index is 5.99. The largest absolute Gasteiger partial charge is 0.486 e. The number of rotatable bonds is 7. The zero-order valence-corrected chi connectivity index (χ0v) is 10.8. The van der Waals surface area contributed by atoms with E-state index >= 15 is 0 Å². The van der Waals surface area contributed by atoms with Crippen LogP contribution >= 0.6 is 11.6 Å². The van der Waals surface area contributed by atoms with E-state index in [9.17, 15) is 0 Å². The highest BCUT2D eigenvalue weighted by atomic mass is 35.5. The third kappa shape index (κ3) is 3.87. The Labute approximate surface area is 107 Å². The smallest absolute Gasteiger partial charge is 0.122 e. The van der Waals surface area contributed by atoms with Gasteiger partial charge in [0.15, 0.2) is 0 Å². The van der Waals surface area contributed by atoms with Gasteiger partial charge in [-0.15, -0.1) is 0 Å². The van der Waals surface area contributed by atoms with Gasteiger partial charge in [-0.1, -0.05) is 17.7 Å². The summed E-state index contributed by atoms with van der Waals surface area (Å²) in [5, 5.41) is 4.05. The Morgan fingerprint density at radius 1 is 1.41 bits per heavy atom. The minimum atomic E-state index is -0.0293. The molecule has 0 amide bonds. The van der Waals surface area contributed by atoms with Gasteiger partial charge in [0, 0.05) is 25.2 Å². The van der Waals surface area contributed by atoms with Crippen LogP contribution in [0.2, 0.25) is 5.02 Å². The van der Waals surface area contributed by atoms with Gasteiger partial charge in [0.25, 0.3) is 0 Å². The van der Waals surface area contributed by atoms with E-state index in [-0.39, 0.29) is 5.60 Å². The van der Waals surface area contributed by atoms with Crippen molar-refractivity contribution in [3.8, 4) is 5.75 Å². The maximum absolute atomic E-state index is 5.99. The standard InChI is InChI=1S/C13H18ClNO2/c1-16-8-7-15-10-13(5-6-13)17-12-4-2-3-11(14)9-12/h2-4,9,15H,5-8,10H2,1H3. The summed E-state index contributed by atoms with van der Waals surface area (Å²) in [6.07, 6.45) is 2.19. The van der Waals surface area contributed by atoms with Gasteiger partial charge in [-0.05, 0) is 31.0 Å². The van der Waals surface area contributed by atoms with Crippen LogP contribution in [0.4, 0.5) is 0 Å². The van der Waals surface area contributed by atoms with Crippen molar-refractivity contribution in [2.75, 3.05) is 26.8 Å². The first-order valence-electron chi connectivity index (χ1n) is 5.88. The number of methoxy groups -OCH3 is 1. The molecule has 0 aromatic heterocycles. The molecule has 0 heterocycles. The van der Waals surface area contributed by atoms with Crippen LogP contribution in [0.5, 0.6) is 5.75 Å². The van der Waals surface area contributed by atoms with Gasteiger partial charge in [0.1, 0.15) is 11.4 Å². The van der Waals surface area contributed by atoms with Crippen LogP contribution in [0, 0.1) is 0 Å². The fourth-order valence-electron chi connectivity index (χ4n) is 1.73. The normalized spacial score (nSPS) is 16.8. The van der Waals surface area contributed by atoms with Crippen LogP contribution in [-0.4, -0.2) is 32.4 Å². The molecule has 1 N–H and O–H groups in total. The molecule has 94 valence electrons. The van der Waals surface area contributed by atoms with Gasteiger partial charge in [-0.2, -0.15) is 0 Å². The summed E-state index contributed by atoms with van der Waals surface area (Å²) in [6.45, 7) is 2.45.